The number of nitrogens with zero attached hydrogens (tertiary/aromatic N) is 1. The van der Waals surface area contributed by atoms with Gasteiger partial charge in [0.05, 0.1) is 11.1 Å². The third-order valence-electron chi connectivity index (χ3n) is 3.36. The SMILES string of the molecule is CC(Oc1cccc(Cl)c1Cl)C(=O)NC(C)(C#N)C(C)C. The van der Waals surface area contributed by atoms with Gasteiger partial charge in [-0.2, -0.15) is 5.26 Å². The summed E-state index contributed by atoms with van der Waals surface area (Å²) in [5.74, 6) is -0.0905. The Balaban J connectivity index is 2.81. The predicted octanol–water partition coefficient (Wildman–Crippen LogP) is 3.82. The number of benzene rings is 1. The summed E-state index contributed by atoms with van der Waals surface area (Å²) in [6.07, 6.45) is -0.799. The van der Waals surface area contributed by atoms with E-state index in [4.69, 9.17) is 27.9 Å². The van der Waals surface area contributed by atoms with Crippen LogP contribution in [-0.4, -0.2) is 17.6 Å². The van der Waals surface area contributed by atoms with Gasteiger partial charge in [0.1, 0.15) is 16.3 Å². The molecule has 1 amide bonds. The number of hydrogen-bond donors (Lipinski definition) is 1. The molecule has 1 aromatic carbocycles. The molecule has 4 nitrogen and oxygen atoms in total. The number of rotatable bonds is 5. The van der Waals surface area contributed by atoms with E-state index < -0.39 is 11.6 Å². The number of ether oxygens (including phenoxy) is 1. The molecule has 0 radical (unpaired) electrons. The van der Waals surface area contributed by atoms with Gasteiger partial charge in [-0.05, 0) is 31.9 Å². The minimum Gasteiger partial charge on any atom is -0.479 e. The summed E-state index contributed by atoms with van der Waals surface area (Å²) in [7, 11) is 0. The van der Waals surface area contributed by atoms with Crippen LogP contribution in [0.15, 0.2) is 18.2 Å². The monoisotopic (exact) mass is 328 g/mol. The lowest BCUT2D eigenvalue weighted by Crippen LogP contribution is -2.52. The normalized spacial score (nSPS) is 15.0. The van der Waals surface area contributed by atoms with Gasteiger partial charge in [-0.25, -0.2) is 0 Å². The Morgan fingerprint density at radius 1 is 1.38 bits per heavy atom. The van der Waals surface area contributed by atoms with Crippen LogP contribution in [0.3, 0.4) is 0 Å². The minimum absolute atomic E-state index is 0.0339. The average Bonchev–Trinajstić information content (AvgIpc) is 2.43. The number of nitrogens with one attached hydrogen (secondary N) is 1. The molecule has 114 valence electrons. The third-order valence-corrected chi connectivity index (χ3v) is 4.16. The van der Waals surface area contributed by atoms with Gasteiger partial charge in [-0.1, -0.05) is 43.1 Å². The van der Waals surface area contributed by atoms with Crippen molar-refractivity contribution in [2.75, 3.05) is 0 Å². The molecule has 0 fully saturated rings. The molecule has 0 aromatic heterocycles. The molecule has 0 saturated heterocycles. The molecule has 6 heteroatoms. The van der Waals surface area contributed by atoms with Crippen molar-refractivity contribution >= 4 is 29.1 Å². The Kier molecular flexibility index (Phi) is 5.88. The summed E-state index contributed by atoms with van der Waals surface area (Å²) in [6.45, 7) is 6.99. The molecule has 21 heavy (non-hydrogen) atoms. The fourth-order valence-electron chi connectivity index (χ4n) is 1.48. The summed E-state index contributed by atoms with van der Waals surface area (Å²) in [6, 6.07) is 7.06. The summed E-state index contributed by atoms with van der Waals surface area (Å²) in [5.41, 5.74) is -0.952. The lowest BCUT2D eigenvalue weighted by atomic mass is 9.90. The number of hydrogen-bond acceptors (Lipinski definition) is 3. The summed E-state index contributed by atoms with van der Waals surface area (Å²) in [4.78, 5) is 12.2. The molecule has 0 saturated carbocycles. The van der Waals surface area contributed by atoms with Gasteiger partial charge in [-0.3, -0.25) is 4.79 Å². The Labute approximate surface area is 135 Å². The van der Waals surface area contributed by atoms with Gasteiger partial charge >= 0.3 is 0 Å². The number of amides is 1. The lowest BCUT2D eigenvalue weighted by Gasteiger charge is -2.28. The molecule has 0 aliphatic heterocycles. The highest BCUT2D eigenvalue weighted by molar-refractivity contribution is 6.42. The molecule has 0 aliphatic rings. The number of nitriles is 1. The fraction of sp³-hybridized carbons (Fsp3) is 0.467. The first-order valence-electron chi connectivity index (χ1n) is 6.55. The molecule has 2 atom stereocenters. The number of carbonyl (C=O) groups is 1. The van der Waals surface area contributed by atoms with Gasteiger partial charge in [0.25, 0.3) is 5.91 Å². The zero-order chi connectivity index (χ0) is 16.2. The quantitative estimate of drug-likeness (QED) is 0.893. The summed E-state index contributed by atoms with van der Waals surface area (Å²) in [5, 5.41) is 12.5. The van der Waals surface area contributed by atoms with E-state index in [1.807, 2.05) is 13.8 Å². The zero-order valence-electron chi connectivity index (χ0n) is 12.4. The fourth-order valence-corrected chi connectivity index (χ4v) is 1.81. The van der Waals surface area contributed by atoms with Crippen LogP contribution in [0.1, 0.15) is 27.7 Å². The maximum absolute atomic E-state index is 12.2. The highest BCUT2D eigenvalue weighted by atomic mass is 35.5. The van der Waals surface area contributed by atoms with Crippen molar-refractivity contribution in [1.29, 1.82) is 5.26 Å². The van der Waals surface area contributed by atoms with Crippen molar-refractivity contribution in [3.8, 4) is 11.8 Å². The second-order valence-electron chi connectivity index (χ2n) is 5.27. The molecule has 0 heterocycles. The highest BCUT2D eigenvalue weighted by Gasteiger charge is 2.32. The van der Waals surface area contributed by atoms with Crippen LogP contribution in [0.25, 0.3) is 0 Å². The average molecular weight is 329 g/mol. The van der Waals surface area contributed by atoms with E-state index in [-0.39, 0.29) is 16.8 Å². The van der Waals surface area contributed by atoms with Crippen molar-refractivity contribution < 1.29 is 9.53 Å². The van der Waals surface area contributed by atoms with Crippen molar-refractivity contribution in [2.24, 2.45) is 5.92 Å². The molecule has 2 unspecified atom stereocenters. The van der Waals surface area contributed by atoms with E-state index in [1.54, 1.807) is 32.0 Å². The smallest absolute Gasteiger partial charge is 0.262 e. The molecule has 0 spiro atoms. The largest absolute Gasteiger partial charge is 0.479 e. The van der Waals surface area contributed by atoms with Gasteiger partial charge in [0.2, 0.25) is 0 Å². The molecule has 0 aliphatic carbocycles. The standard InChI is InChI=1S/C15H18Cl2N2O2/c1-9(2)15(4,8-18)19-14(20)10(3)21-12-7-5-6-11(16)13(12)17/h5-7,9-10H,1-4H3,(H,19,20). The van der Waals surface area contributed by atoms with Gasteiger partial charge in [0, 0.05) is 0 Å². The van der Waals surface area contributed by atoms with Gasteiger partial charge in [-0.15, -0.1) is 0 Å². The first-order valence-corrected chi connectivity index (χ1v) is 7.30. The molecular formula is C15H18Cl2N2O2. The van der Waals surface area contributed by atoms with E-state index in [0.717, 1.165) is 0 Å². The van der Waals surface area contributed by atoms with Crippen molar-refractivity contribution in [3.05, 3.63) is 28.2 Å². The summed E-state index contributed by atoms with van der Waals surface area (Å²) >= 11 is 11.9. The van der Waals surface area contributed by atoms with Crippen molar-refractivity contribution in [1.82, 2.24) is 5.32 Å². The van der Waals surface area contributed by atoms with Gasteiger partial charge < -0.3 is 10.1 Å². The highest BCUT2D eigenvalue weighted by Crippen LogP contribution is 2.32. The Bertz CT molecular complexity index is 569. The van der Waals surface area contributed by atoms with Crippen LogP contribution < -0.4 is 10.1 Å². The minimum atomic E-state index is -0.952. The second-order valence-corrected chi connectivity index (χ2v) is 6.06. The second kappa shape index (κ2) is 7.02. The maximum Gasteiger partial charge on any atom is 0.262 e. The number of carbonyl (C=O) groups excluding carboxylic acids is 1. The maximum atomic E-state index is 12.2. The Morgan fingerprint density at radius 2 is 2.00 bits per heavy atom. The van der Waals surface area contributed by atoms with E-state index >= 15 is 0 Å². The molecule has 0 bridgehead atoms. The topological polar surface area (TPSA) is 62.1 Å². The van der Waals surface area contributed by atoms with Crippen LogP contribution in [0, 0.1) is 17.2 Å². The molecule has 1 aromatic rings. The summed E-state index contributed by atoms with van der Waals surface area (Å²) < 4.78 is 5.52. The van der Waals surface area contributed by atoms with E-state index in [9.17, 15) is 10.1 Å². The zero-order valence-corrected chi connectivity index (χ0v) is 13.9. The lowest BCUT2D eigenvalue weighted by molar-refractivity contribution is -0.128. The number of halogens is 2. The van der Waals surface area contributed by atoms with Crippen LogP contribution in [0.5, 0.6) is 5.75 Å². The van der Waals surface area contributed by atoms with Crippen LogP contribution >= 0.6 is 23.2 Å². The third kappa shape index (κ3) is 4.26. The molecular weight excluding hydrogens is 311 g/mol. The van der Waals surface area contributed by atoms with E-state index in [0.29, 0.717) is 10.8 Å². The van der Waals surface area contributed by atoms with E-state index in [2.05, 4.69) is 11.4 Å². The van der Waals surface area contributed by atoms with Crippen molar-refractivity contribution in [3.63, 3.8) is 0 Å². The predicted molar refractivity (Wildman–Crippen MR) is 83.6 cm³/mol. The van der Waals surface area contributed by atoms with Crippen LogP contribution in [0.4, 0.5) is 0 Å². The first-order chi connectivity index (χ1) is 9.71. The molecule has 1 rings (SSSR count). The van der Waals surface area contributed by atoms with Crippen LogP contribution in [0.2, 0.25) is 10.0 Å². The van der Waals surface area contributed by atoms with E-state index in [1.165, 1.54) is 0 Å². The first kappa shape index (κ1) is 17.6. The van der Waals surface area contributed by atoms with Crippen molar-refractivity contribution in [2.45, 2.75) is 39.3 Å². The Morgan fingerprint density at radius 3 is 2.52 bits per heavy atom. The van der Waals surface area contributed by atoms with Gasteiger partial charge in [0.15, 0.2) is 6.10 Å². The Hall–Kier alpha value is -1.44. The molecule has 1 N–H and O–H groups in total. The van der Waals surface area contributed by atoms with Crippen LogP contribution in [-0.2, 0) is 4.79 Å².